The van der Waals surface area contributed by atoms with Crippen LogP contribution in [0.4, 0.5) is 5.13 Å². The van der Waals surface area contributed by atoms with Crippen LogP contribution in [-0.4, -0.2) is 54.6 Å². The van der Waals surface area contributed by atoms with Gasteiger partial charge < -0.3 is 10.2 Å². The largest absolute Gasteiger partial charge is 0.354 e. The molecule has 0 spiro atoms. The number of rotatable bonds is 2. The number of thiazole rings is 1. The van der Waals surface area contributed by atoms with Gasteiger partial charge in [0.2, 0.25) is 5.91 Å². The second-order valence-corrected chi connectivity index (χ2v) is 6.35. The van der Waals surface area contributed by atoms with E-state index in [0.29, 0.717) is 12.6 Å². The molecule has 104 valence electrons. The number of fused-ring (bicyclic) bond motifs is 1. The smallest absolute Gasteiger partial charge is 0.234 e. The van der Waals surface area contributed by atoms with E-state index >= 15 is 0 Å². The van der Waals surface area contributed by atoms with Crippen LogP contribution >= 0.6 is 11.3 Å². The predicted octanol–water partition coefficient (Wildman–Crippen LogP) is 0.917. The highest BCUT2D eigenvalue weighted by molar-refractivity contribution is 7.22. The molecule has 2 saturated heterocycles. The van der Waals surface area contributed by atoms with Gasteiger partial charge in [0, 0.05) is 32.2 Å². The molecule has 1 amide bonds. The van der Waals surface area contributed by atoms with Gasteiger partial charge in [0.25, 0.3) is 0 Å². The summed E-state index contributed by atoms with van der Waals surface area (Å²) in [5, 5.41) is 3.97. The Hall–Kier alpha value is -1.66. The Bertz CT molecular complexity index is 616. The molecule has 0 radical (unpaired) electrons. The van der Waals surface area contributed by atoms with Crippen LogP contribution in [0.3, 0.4) is 0 Å². The van der Waals surface area contributed by atoms with Gasteiger partial charge in [-0.2, -0.15) is 0 Å². The quantitative estimate of drug-likeness (QED) is 0.892. The number of hydrogen-bond acceptors (Lipinski definition) is 5. The van der Waals surface area contributed by atoms with Crippen molar-refractivity contribution in [3.63, 3.8) is 0 Å². The first-order chi connectivity index (χ1) is 9.79. The fraction of sp³-hybridized carbons (Fsp3) is 0.429. The van der Waals surface area contributed by atoms with Crippen molar-refractivity contribution in [1.29, 1.82) is 0 Å². The maximum Gasteiger partial charge on any atom is 0.234 e. The highest BCUT2D eigenvalue weighted by Gasteiger charge is 2.35. The maximum atomic E-state index is 11.4. The van der Waals surface area contributed by atoms with Crippen molar-refractivity contribution >= 4 is 32.6 Å². The zero-order valence-electron chi connectivity index (χ0n) is 11.1. The van der Waals surface area contributed by atoms with Gasteiger partial charge >= 0.3 is 0 Å². The Morgan fingerprint density at radius 2 is 2.15 bits per heavy atom. The lowest BCUT2D eigenvalue weighted by molar-refractivity contribution is -0.125. The molecule has 2 fully saturated rings. The van der Waals surface area contributed by atoms with E-state index in [-0.39, 0.29) is 5.91 Å². The summed E-state index contributed by atoms with van der Waals surface area (Å²) in [6.07, 6.45) is 0. The third-order valence-corrected chi connectivity index (χ3v) is 5.10. The highest BCUT2D eigenvalue weighted by Crippen LogP contribution is 2.32. The van der Waals surface area contributed by atoms with Gasteiger partial charge in [-0.25, -0.2) is 4.98 Å². The van der Waals surface area contributed by atoms with E-state index in [2.05, 4.69) is 38.3 Å². The topological polar surface area (TPSA) is 48.5 Å². The van der Waals surface area contributed by atoms with E-state index in [1.807, 2.05) is 6.07 Å². The summed E-state index contributed by atoms with van der Waals surface area (Å²) in [5.74, 6) is 0.148. The first-order valence-corrected chi connectivity index (χ1v) is 7.72. The van der Waals surface area contributed by atoms with Gasteiger partial charge in [-0.15, -0.1) is 0 Å². The van der Waals surface area contributed by atoms with Crippen LogP contribution in [-0.2, 0) is 4.79 Å². The Balaban J connectivity index is 1.44. The number of nitrogens with zero attached hydrogens (tertiary/aromatic N) is 3. The minimum atomic E-state index is 0.148. The van der Waals surface area contributed by atoms with Crippen LogP contribution in [0.5, 0.6) is 0 Å². The molecule has 2 aliphatic heterocycles. The number of amides is 1. The minimum Gasteiger partial charge on any atom is -0.354 e. The number of para-hydroxylation sites is 1. The van der Waals surface area contributed by atoms with Crippen molar-refractivity contribution in [3.05, 3.63) is 24.3 Å². The number of nitrogens with one attached hydrogen (secondary N) is 1. The SMILES string of the molecule is O=C1CN(C2CN(c3nc4ccccc4s3)C2)CCN1. The predicted molar refractivity (Wildman–Crippen MR) is 80.2 cm³/mol. The van der Waals surface area contributed by atoms with Crippen LogP contribution < -0.4 is 10.2 Å². The number of carbonyl (C=O) groups is 1. The Morgan fingerprint density at radius 3 is 2.95 bits per heavy atom. The molecule has 0 aliphatic carbocycles. The third kappa shape index (κ3) is 2.05. The summed E-state index contributed by atoms with van der Waals surface area (Å²) in [7, 11) is 0. The fourth-order valence-corrected chi connectivity index (χ4v) is 3.79. The first kappa shape index (κ1) is 12.1. The molecule has 3 heterocycles. The molecule has 2 aliphatic rings. The molecular weight excluding hydrogens is 272 g/mol. The molecule has 2 aromatic rings. The van der Waals surface area contributed by atoms with Crippen LogP contribution in [0.2, 0.25) is 0 Å². The van der Waals surface area contributed by atoms with Crippen molar-refractivity contribution in [2.75, 3.05) is 37.6 Å². The number of aromatic nitrogens is 1. The van der Waals surface area contributed by atoms with Crippen molar-refractivity contribution in [2.24, 2.45) is 0 Å². The van der Waals surface area contributed by atoms with E-state index in [1.165, 1.54) is 4.70 Å². The molecule has 4 rings (SSSR count). The van der Waals surface area contributed by atoms with E-state index < -0.39 is 0 Å². The normalized spacial score (nSPS) is 21.0. The summed E-state index contributed by atoms with van der Waals surface area (Å²) < 4.78 is 1.24. The Morgan fingerprint density at radius 1 is 1.30 bits per heavy atom. The number of benzene rings is 1. The first-order valence-electron chi connectivity index (χ1n) is 6.91. The average Bonchev–Trinajstić information content (AvgIpc) is 2.80. The standard InChI is InChI=1S/C14H16N4OS/c19-13-9-17(6-5-15-13)10-7-18(8-10)14-16-11-3-1-2-4-12(11)20-14/h1-4,10H,5-9H2,(H,15,19). The molecule has 0 bridgehead atoms. The molecule has 1 aromatic heterocycles. The van der Waals surface area contributed by atoms with Gasteiger partial charge in [-0.3, -0.25) is 9.69 Å². The monoisotopic (exact) mass is 288 g/mol. The lowest BCUT2D eigenvalue weighted by Crippen LogP contribution is -2.63. The van der Waals surface area contributed by atoms with E-state index in [4.69, 9.17) is 0 Å². The molecule has 0 unspecified atom stereocenters. The zero-order valence-corrected chi connectivity index (χ0v) is 11.9. The maximum absolute atomic E-state index is 11.4. The van der Waals surface area contributed by atoms with Gasteiger partial charge in [0.15, 0.2) is 5.13 Å². The summed E-state index contributed by atoms with van der Waals surface area (Å²) in [6.45, 7) is 4.24. The molecule has 0 saturated carbocycles. The van der Waals surface area contributed by atoms with Crippen molar-refractivity contribution in [3.8, 4) is 0 Å². The molecular formula is C14H16N4OS. The average molecular weight is 288 g/mol. The molecule has 20 heavy (non-hydrogen) atoms. The van der Waals surface area contributed by atoms with Crippen LogP contribution in [0.25, 0.3) is 10.2 Å². The Labute approximate surface area is 121 Å². The molecule has 0 atom stereocenters. The van der Waals surface area contributed by atoms with Gasteiger partial charge in [0.1, 0.15) is 0 Å². The van der Waals surface area contributed by atoms with E-state index in [1.54, 1.807) is 11.3 Å². The molecule has 6 heteroatoms. The lowest BCUT2D eigenvalue weighted by atomic mass is 10.1. The third-order valence-electron chi connectivity index (χ3n) is 4.00. The second kappa shape index (κ2) is 4.71. The van der Waals surface area contributed by atoms with Crippen molar-refractivity contribution < 1.29 is 4.79 Å². The molecule has 1 N–H and O–H groups in total. The van der Waals surface area contributed by atoms with Crippen LogP contribution in [0.15, 0.2) is 24.3 Å². The number of piperazine rings is 1. The Kier molecular flexibility index (Phi) is 2.85. The van der Waals surface area contributed by atoms with Gasteiger partial charge in [-0.1, -0.05) is 23.5 Å². The zero-order chi connectivity index (χ0) is 13.5. The van der Waals surface area contributed by atoms with Gasteiger partial charge in [0.05, 0.1) is 16.8 Å². The van der Waals surface area contributed by atoms with E-state index in [9.17, 15) is 4.79 Å². The number of carbonyl (C=O) groups excluding carboxylic acids is 1. The van der Waals surface area contributed by atoms with Gasteiger partial charge in [-0.05, 0) is 12.1 Å². The fourth-order valence-electron chi connectivity index (χ4n) is 2.81. The summed E-state index contributed by atoms with van der Waals surface area (Å²) in [5.41, 5.74) is 1.08. The summed E-state index contributed by atoms with van der Waals surface area (Å²) in [4.78, 5) is 20.7. The number of hydrogen-bond donors (Lipinski definition) is 1. The number of anilines is 1. The second-order valence-electron chi connectivity index (χ2n) is 5.34. The van der Waals surface area contributed by atoms with E-state index in [0.717, 1.165) is 36.8 Å². The van der Waals surface area contributed by atoms with Crippen molar-refractivity contribution in [2.45, 2.75) is 6.04 Å². The minimum absolute atomic E-state index is 0.148. The van der Waals surface area contributed by atoms with Crippen LogP contribution in [0.1, 0.15) is 0 Å². The summed E-state index contributed by atoms with van der Waals surface area (Å²) >= 11 is 1.75. The molecule has 1 aromatic carbocycles. The molecule has 5 nitrogen and oxygen atoms in total. The van der Waals surface area contributed by atoms with Crippen LogP contribution in [0, 0.1) is 0 Å². The summed E-state index contributed by atoms with van der Waals surface area (Å²) in [6, 6.07) is 8.74. The highest BCUT2D eigenvalue weighted by atomic mass is 32.1. The lowest BCUT2D eigenvalue weighted by Gasteiger charge is -2.46. The van der Waals surface area contributed by atoms with Crippen molar-refractivity contribution in [1.82, 2.24) is 15.2 Å².